The molecule has 0 atom stereocenters. The van der Waals surface area contributed by atoms with Gasteiger partial charge in [-0.05, 0) is 0 Å². The Morgan fingerprint density at radius 3 is 2.20 bits per heavy atom. The maximum Gasteiger partial charge on any atom is 0.160 e. The molecular weight excluding hydrogens is 87.5 g/mol. The third-order valence-corrected chi connectivity index (χ3v) is 0.217. The molecule has 0 amide bonds. The third kappa shape index (κ3) is 3.70. The molecule has 5 heavy (non-hydrogen) atoms. The smallest absolute Gasteiger partial charge is 0.160 e. The standard InChI is InChI=1S/C3H3ClO/c1-3(4)2-5/h2H,1H2. The first-order valence-electron chi connectivity index (χ1n) is 1.07. The van der Waals surface area contributed by atoms with Gasteiger partial charge in [0.15, 0.2) is 6.29 Å². The van der Waals surface area contributed by atoms with E-state index >= 15 is 0 Å². The van der Waals surface area contributed by atoms with E-state index in [9.17, 15) is 4.79 Å². The Hall–Kier alpha value is -0.300. The van der Waals surface area contributed by atoms with Crippen molar-refractivity contribution in [2.75, 3.05) is 0 Å². The molecule has 0 aliphatic carbocycles. The number of rotatable bonds is 1. The van der Waals surface area contributed by atoms with Gasteiger partial charge in [-0.25, -0.2) is 0 Å². The fraction of sp³-hybridized carbons (Fsp3) is 0. The summed E-state index contributed by atoms with van der Waals surface area (Å²) in [5.74, 6) is 0. The van der Waals surface area contributed by atoms with Crippen LogP contribution in [-0.4, -0.2) is 6.29 Å². The van der Waals surface area contributed by atoms with Crippen LogP contribution in [0.3, 0.4) is 0 Å². The van der Waals surface area contributed by atoms with E-state index < -0.39 is 0 Å². The summed E-state index contributed by atoms with van der Waals surface area (Å²) in [5, 5.41) is 0.0463. The molecule has 0 aromatic heterocycles. The van der Waals surface area contributed by atoms with Crippen LogP contribution in [0.2, 0.25) is 0 Å². The molecule has 2 heteroatoms. The van der Waals surface area contributed by atoms with Crippen molar-refractivity contribution < 1.29 is 4.79 Å². The lowest BCUT2D eigenvalue weighted by Gasteiger charge is -1.62. The van der Waals surface area contributed by atoms with Crippen LogP contribution >= 0.6 is 11.6 Å². The lowest BCUT2D eigenvalue weighted by molar-refractivity contribution is -0.104. The van der Waals surface area contributed by atoms with Crippen molar-refractivity contribution in [2.45, 2.75) is 0 Å². The Bertz CT molecular complexity index is 57.9. The predicted molar refractivity (Wildman–Crippen MR) is 21.1 cm³/mol. The second-order valence-corrected chi connectivity index (χ2v) is 1.05. The minimum absolute atomic E-state index is 0.0463. The van der Waals surface area contributed by atoms with Crippen LogP contribution in [0.1, 0.15) is 0 Å². The van der Waals surface area contributed by atoms with Gasteiger partial charge >= 0.3 is 0 Å². The van der Waals surface area contributed by atoms with Crippen LogP contribution in [0, 0.1) is 0 Å². The van der Waals surface area contributed by atoms with Crippen LogP contribution in [-0.2, 0) is 4.79 Å². The van der Waals surface area contributed by atoms with Gasteiger partial charge in [0.2, 0.25) is 0 Å². The van der Waals surface area contributed by atoms with Gasteiger partial charge in [0.1, 0.15) is 0 Å². The molecule has 0 aromatic carbocycles. The normalized spacial score (nSPS) is 6.60. The maximum atomic E-state index is 9.27. The summed E-state index contributed by atoms with van der Waals surface area (Å²) < 4.78 is 0. The second kappa shape index (κ2) is 1.97. The molecule has 0 saturated carbocycles. The molecule has 0 fully saturated rings. The topological polar surface area (TPSA) is 17.1 Å². The highest BCUT2D eigenvalue weighted by molar-refractivity contribution is 6.38. The van der Waals surface area contributed by atoms with Crippen LogP contribution < -0.4 is 0 Å². The van der Waals surface area contributed by atoms with Crippen molar-refractivity contribution in [3.05, 3.63) is 11.6 Å². The number of carbonyl (C=O) groups excluding carboxylic acids is 1. The summed E-state index contributed by atoms with van der Waals surface area (Å²) in [6.07, 6.45) is 0.488. The highest BCUT2D eigenvalue weighted by atomic mass is 35.5. The Balaban J connectivity index is 3.20. The first kappa shape index (κ1) is 4.70. The summed E-state index contributed by atoms with van der Waals surface area (Å²) in [6, 6.07) is 0. The zero-order valence-electron chi connectivity index (χ0n) is 2.57. The molecule has 0 bridgehead atoms. The lowest BCUT2D eigenvalue weighted by Crippen LogP contribution is -1.60. The van der Waals surface area contributed by atoms with E-state index in [0.717, 1.165) is 0 Å². The monoisotopic (exact) mass is 90.0 g/mol. The van der Waals surface area contributed by atoms with Crippen LogP contribution in [0.15, 0.2) is 11.6 Å². The Kier molecular flexibility index (Phi) is 1.85. The number of aldehydes is 1. The first-order valence-corrected chi connectivity index (χ1v) is 1.44. The number of hydrogen-bond donors (Lipinski definition) is 0. The minimum atomic E-state index is 0.0463. The minimum Gasteiger partial charge on any atom is -0.297 e. The number of halogens is 1. The lowest BCUT2D eigenvalue weighted by atomic mass is 10.7. The van der Waals surface area contributed by atoms with Crippen molar-refractivity contribution in [1.82, 2.24) is 0 Å². The summed E-state index contributed by atoms with van der Waals surface area (Å²) >= 11 is 4.90. The van der Waals surface area contributed by atoms with Gasteiger partial charge in [-0.1, -0.05) is 18.2 Å². The van der Waals surface area contributed by atoms with Gasteiger partial charge < -0.3 is 0 Å². The molecule has 0 aliphatic heterocycles. The number of allylic oxidation sites excluding steroid dienone is 1. The fourth-order valence-corrected chi connectivity index (χ4v) is 0. The number of hydrogen-bond acceptors (Lipinski definition) is 1. The van der Waals surface area contributed by atoms with Gasteiger partial charge in [0.05, 0.1) is 5.03 Å². The van der Waals surface area contributed by atoms with E-state index in [0.29, 0.717) is 6.29 Å². The molecule has 0 radical (unpaired) electrons. The summed E-state index contributed by atoms with van der Waals surface area (Å²) in [4.78, 5) is 9.27. The highest BCUT2D eigenvalue weighted by Crippen LogP contribution is 1.85. The predicted octanol–water partition coefficient (Wildman–Crippen LogP) is 0.938. The molecule has 1 nitrogen and oxygen atoms in total. The summed E-state index contributed by atoms with van der Waals surface area (Å²) in [7, 11) is 0. The van der Waals surface area contributed by atoms with E-state index in [2.05, 4.69) is 6.58 Å². The largest absolute Gasteiger partial charge is 0.297 e. The Labute approximate surface area is 35.2 Å². The van der Waals surface area contributed by atoms with Gasteiger partial charge in [-0.3, -0.25) is 4.79 Å². The van der Waals surface area contributed by atoms with Crippen molar-refractivity contribution in [1.29, 1.82) is 0 Å². The van der Waals surface area contributed by atoms with Gasteiger partial charge in [-0.2, -0.15) is 0 Å². The molecule has 0 unspecified atom stereocenters. The van der Waals surface area contributed by atoms with Crippen LogP contribution in [0.5, 0.6) is 0 Å². The van der Waals surface area contributed by atoms with E-state index in [1.54, 1.807) is 0 Å². The van der Waals surface area contributed by atoms with E-state index in [1.807, 2.05) is 0 Å². The quantitative estimate of drug-likeness (QED) is 0.346. The molecule has 0 spiro atoms. The van der Waals surface area contributed by atoms with Gasteiger partial charge in [-0.15, -0.1) is 0 Å². The Morgan fingerprint density at radius 2 is 2.20 bits per heavy atom. The second-order valence-electron chi connectivity index (χ2n) is 0.565. The zero-order valence-corrected chi connectivity index (χ0v) is 3.33. The van der Waals surface area contributed by atoms with Crippen molar-refractivity contribution >= 4 is 17.9 Å². The van der Waals surface area contributed by atoms with Crippen LogP contribution in [0.4, 0.5) is 0 Å². The fourth-order valence-electron chi connectivity index (χ4n) is 0. The van der Waals surface area contributed by atoms with Crippen molar-refractivity contribution in [2.24, 2.45) is 0 Å². The van der Waals surface area contributed by atoms with Gasteiger partial charge in [0.25, 0.3) is 0 Å². The molecule has 0 aromatic rings. The summed E-state index contributed by atoms with van der Waals surface area (Å²) in [5.41, 5.74) is 0. The van der Waals surface area contributed by atoms with Crippen molar-refractivity contribution in [3.8, 4) is 0 Å². The van der Waals surface area contributed by atoms with E-state index in [1.165, 1.54) is 0 Å². The van der Waals surface area contributed by atoms with E-state index in [4.69, 9.17) is 11.6 Å². The highest BCUT2D eigenvalue weighted by Gasteiger charge is 1.70. The SMILES string of the molecule is C=C(Cl)C=O. The average Bonchev–Trinajstić information content (AvgIpc) is 1.38. The van der Waals surface area contributed by atoms with E-state index in [-0.39, 0.29) is 5.03 Å². The molecule has 0 aliphatic rings. The molecule has 0 heterocycles. The molecule has 0 rings (SSSR count). The average molecular weight is 90.5 g/mol. The zero-order chi connectivity index (χ0) is 4.28. The Morgan fingerprint density at radius 1 is 2.00 bits per heavy atom. The molecule has 0 saturated heterocycles. The first-order chi connectivity index (χ1) is 2.27. The molecular formula is C3H3ClO. The van der Waals surface area contributed by atoms with Crippen molar-refractivity contribution in [3.63, 3.8) is 0 Å². The molecule has 28 valence electrons. The van der Waals surface area contributed by atoms with Crippen LogP contribution in [0.25, 0.3) is 0 Å². The summed E-state index contributed by atoms with van der Waals surface area (Å²) in [6.45, 7) is 3.07. The number of carbonyl (C=O) groups is 1. The van der Waals surface area contributed by atoms with Gasteiger partial charge in [0, 0.05) is 0 Å². The third-order valence-electron chi connectivity index (χ3n) is 0.128. The maximum absolute atomic E-state index is 9.27. The molecule has 0 N–H and O–H groups in total.